The lowest BCUT2D eigenvalue weighted by Gasteiger charge is -2.10. The van der Waals surface area contributed by atoms with E-state index in [9.17, 15) is 0 Å². The van der Waals surface area contributed by atoms with Crippen LogP contribution in [0, 0.1) is 0 Å². The van der Waals surface area contributed by atoms with E-state index in [0.717, 1.165) is 16.7 Å². The molecule has 3 aromatic rings. The minimum absolute atomic E-state index is 0.689. The van der Waals surface area contributed by atoms with E-state index in [0.29, 0.717) is 5.89 Å². The average molecular weight is 219 g/mol. The van der Waals surface area contributed by atoms with Crippen molar-refractivity contribution in [2.45, 2.75) is 0 Å². The number of nitrogens with zero attached hydrogens (tertiary/aromatic N) is 1. The first-order valence-electron chi connectivity index (χ1n) is 5.58. The summed E-state index contributed by atoms with van der Waals surface area (Å²) >= 11 is 0. The van der Waals surface area contributed by atoms with Gasteiger partial charge in [-0.15, -0.1) is 0 Å². The fourth-order valence-electron chi connectivity index (χ4n) is 2.08. The quantitative estimate of drug-likeness (QED) is 0.484. The molecule has 2 nitrogen and oxygen atoms in total. The lowest BCUT2D eigenvalue weighted by Crippen LogP contribution is -1.89. The van der Waals surface area contributed by atoms with Gasteiger partial charge in [0.25, 0.3) is 0 Å². The molecular weight excluding hydrogens is 210 g/mol. The number of fused-ring (bicyclic) bond motifs is 2. The Morgan fingerprint density at radius 3 is 2.53 bits per heavy atom. The first kappa shape index (κ1) is 8.76. The van der Waals surface area contributed by atoms with E-state index < -0.39 is 0 Å². The molecule has 80 valence electrons. The number of para-hydroxylation sites is 2. The number of hydrogen-bond donors (Lipinski definition) is 0. The molecule has 1 aliphatic carbocycles. The summed E-state index contributed by atoms with van der Waals surface area (Å²) in [6.45, 7) is 0. The highest BCUT2D eigenvalue weighted by atomic mass is 16.3. The van der Waals surface area contributed by atoms with Crippen LogP contribution in [0.25, 0.3) is 34.7 Å². The molecule has 1 aromatic heterocycles. The van der Waals surface area contributed by atoms with Crippen molar-refractivity contribution in [1.29, 1.82) is 0 Å². The van der Waals surface area contributed by atoms with Crippen molar-refractivity contribution < 1.29 is 4.42 Å². The number of aromatic nitrogens is 1. The Hall–Kier alpha value is -2.35. The molecule has 0 amide bonds. The number of oxazole rings is 1. The molecule has 0 radical (unpaired) electrons. The maximum Gasteiger partial charge on any atom is 0.227 e. The van der Waals surface area contributed by atoms with Crippen molar-refractivity contribution in [3.8, 4) is 11.5 Å². The molecule has 0 N–H and O–H groups in total. The standard InChI is InChI=1S/C15H9NO/c1-2-4-14-13(3-1)16-15(17-14)12-8-6-10-5-7-11(10)9-12/h1-9H. The molecule has 0 fully saturated rings. The summed E-state index contributed by atoms with van der Waals surface area (Å²) in [5.41, 5.74) is 5.31. The molecule has 0 spiro atoms. The van der Waals surface area contributed by atoms with Gasteiger partial charge in [-0.2, -0.15) is 0 Å². The van der Waals surface area contributed by atoms with Crippen LogP contribution in [0.3, 0.4) is 0 Å². The Morgan fingerprint density at radius 2 is 1.76 bits per heavy atom. The number of benzene rings is 2. The van der Waals surface area contributed by atoms with Crippen LogP contribution in [0.1, 0.15) is 11.1 Å². The van der Waals surface area contributed by atoms with Crippen LogP contribution in [0.5, 0.6) is 0 Å². The first-order valence-corrected chi connectivity index (χ1v) is 5.58. The van der Waals surface area contributed by atoms with Crippen molar-refractivity contribution in [2.24, 2.45) is 0 Å². The maximum atomic E-state index is 5.74. The van der Waals surface area contributed by atoms with E-state index in [2.05, 4.69) is 29.3 Å². The average Bonchev–Trinajstić information content (AvgIpc) is 2.74. The third kappa shape index (κ3) is 1.24. The molecule has 0 unspecified atom stereocenters. The van der Waals surface area contributed by atoms with E-state index in [-0.39, 0.29) is 0 Å². The van der Waals surface area contributed by atoms with E-state index in [1.807, 2.05) is 30.3 Å². The third-order valence-electron chi connectivity index (χ3n) is 3.07. The molecule has 1 aliphatic rings. The predicted octanol–water partition coefficient (Wildman–Crippen LogP) is 3.98. The van der Waals surface area contributed by atoms with Gasteiger partial charge in [-0.1, -0.05) is 30.4 Å². The summed E-state index contributed by atoms with van der Waals surface area (Å²) in [5.74, 6) is 0.689. The van der Waals surface area contributed by atoms with E-state index in [4.69, 9.17) is 4.42 Å². The first-order chi connectivity index (χ1) is 8.40. The highest BCUT2D eigenvalue weighted by Crippen LogP contribution is 2.30. The fraction of sp³-hybridized carbons (Fsp3) is 0. The summed E-state index contributed by atoms with van der Waals surface area (Å²) in [6.07, 6.45) is 4.20. The molecule has 0 aliphatic heterocycles. The second-order valence-corrected chi connectivity index (χ2v) is 4.16. The highest BCUT2D eigenvalue weighted by molar-refractivity contribution is 5.87. The van der Waals surface area contributed by atoms with Gasteiger partial charge >= 0.3 is 0 Å². The molecule has 2 aromatic carbocycles. The SMILES string of the molecule is C1=Cc2cc(-c3nc4ccccc4o3)ccc21. The zero-order valence-corrected chi connectivity index (χ0v) is 9.05. The van der Waals surface area contributed by atoms with Gasteiger partial charge < -0.3 is 4.42 Å². The monoisotopic (exact) mass is 219 g/mol. The van der Waals surface area contributed by atoms with Crippen LogP contribution in [0.15, 0.2) is 46.9 Å². The highest BCUT2D eigenvalue weighted by Gasteiger charge is 2.11. The summed E-state index contributed by atoms with van der Waals surface area (Å²) in [4.78, 5) is 4.49. The minimum Gasteiger partial charge on any atom is -0.436 e. The van der Waals surface area contributed by atoms with Gasteiger partial charge in [0, 0.05) is 5.56 Å². The summed E-state index contributed by atoms with van der Waals surface area (Å²) in [7, 11) is 0. The van der Waals surface area contributed by atoms with Gasteiger partial charge in [0.2, 0.25) is 5.89 Å². The van der Waals surface area contributed by atoms with Crippen LogP contribution < -0.4 is 0 Å². The number of rotatable bonds is 1. The smallest absolute Gasteiger partial charge is 0.227 e. The van der Waals surface area contributed by atoms with Crippen molar-refractivity contribution in [3.05, 3.63) is 53.6 Å². The molecule has 0 atom stereocenters. The molecule has 0 saturated carbocycles. The van der Waals surface area contributed by atoms with Crippen molar-refractivity contribution >= 4 is 23.3 Å². The normalized spacial score (nSPS) is 12.5. The van der Waals surface area contributed by atoms with Gasteiger partial charge in [-0.05, 0) is 35.4 Å². The third-order valence-corrected chi connectivity index (χ3v) is 3.07. The van der Waals surface area contributed by atoms with Crippen LogP contribution in [0.2, 0.25) is 0 Å². The van der Waals surface area contributed by atoms with E-state index >= 15 is 0 Å². The molecule has 2 heteroatoms. The number of hydrogen-bond acceptors (Lipinski definition) is 2. The van der Waals surface area contributed by atoms with Crippen molar-refractivity contribution in [2.75, 3.05) is 0 Å². The van der Waals surface area contributed by atoms with Crippen LogP contribution in [-0.2, 0) is 0 Å². The Bertz CT molecular complexity index is 719. The Labute approximate surface area is 98.2 Å². The van der Waals surface area contributed by atoms with Gasteiger partial charge in [0.05, 0.1) is 0 Å². The van der Waals surface area contributed by atoms with Gasteiger partial charge in [0.1, 0.15) is 5.52 Å². The van der Waals surface area contributed by atoms with E-state index in [1.54, 1.807) is 0 Å². The fourth-order valence-corrected chi connectivity index (χ4v) is 2.08. The van der Waals surface area contributed by atoms with Crippen LogP contribution >= 0.6 is 0 Å². The molecule has 4 rings (SSSR count). The lowest BCUT2D eigenvalue weighted by atomic mass is 9.96. The largest absolute Gasteiger partial charge is 0.436 e. The molecular formula is C15H9NO. The van der Waals surface area contributed by atoms with E-state index in [1.165, 1.54) is 11.1 Å². The van der Waals surface area contributed by atoms with Gasteiger partial charge in [-0.25, -0.2) is 4.98 Å². The second-order valence-electron chi connectivity index (χ2n) is 4.16. The summed E-state index contributed by atoms with van der Waals surface area (Å²) in [6, 6.07) is 14.1. The van der Waals surface area contributed by atoms with Gasteiger partial charge in [-0.3, -0.25) is 0 Å². The predicted molar refractivity (Wildman–Crippen MR) is 68.4 cm³/mol. The van der Waals surface area contributed by atoms with Gasteiger partial charge in [0.15, 0.2) is 5.58 Å². The second kappa shape index (κ2) is 3.08. The Kier molecular flexibility index (Phi) is 1.59. The molecule has 0 saturated heterocycles. The Morgan fingerprint density at radius 1 is 0.882 bits per heavy atom. The topological polar surface area (TPSA) is 26.0 Å². The zero-order chi connectivity index (χ0) is 11.2. The zero-order valence-electron chi connectivity index (χ0n) is 9.05. The minimum atomic E-state index is 0.689. The van der Waals surface area contributed by atoms with Crippen molar-refractivity contribution in [1.82, 2.24) is 4.98 Å². The molecule has 1 heterocycles. The molecule has 17 heavy (non-hydrogen) atoms. The summed E-state index contributed by atoms with van der Waals surface area (Å²) in [5, 5.41) is 0. The molecule has 0 bridgehead atoms. The summed E-state index contributed by atoms with van der Waals surface area (Å²) < 4.78 is 5.74. The van der Waals surface area contributed by atoms with Crippen molar-refractivity contribution in [3.63, 3.8) is 0 Å². The Balaban J connectivity index is 1.90. The van der Waals surface area contributed by atoms with Crippen LogP contribution in [0.4, 0.5) is 0 Å². The van der Waals surface area contributed by atoms with Crippen LogP contribution in [-0.4, -0.2) is 4.98 Å². The lowest BCUT2D eigenvalue weighted by molar-refractivity contribution is 0.620. The maximum absolute atomic E-state index is 5.74.